The molecule has 13 heteroatoms. The Balaban J connectivity index is 1.37. The van der Waals surface area contributed by atoms with Crippen LogP contribution in [0.5, 0.6) is 0 Å². The lowest BCUT2D eigenvalue weighted by atomic mass is 9.94. The highest BCUT2D eigenvalue weighted by atomic mass is 35.5. The summed E-state index contributed by atoms with van der Waals surface area (Å²) in [5.74, 6) is 0.154. The SMILES string of the molecule is COC/C=C/C(=O)N1CCC(n2ncc3c(N4CC(N(C)C)C4)nc4c(F)c(-c5c(C)c(Cl)cc6[nH]ncc56)c(Cl)cc4c32)CC1. The van der Waals surface area contributed by atoms with Gasteiger partial charge in [-0.2, -0.15) is 10.2 Å². The maximum Gasteiger partial charge on any atom is 0.246 e. The van der Waals surface area contributed by atoms with Gasteiger partial charge in [-0.25, -0.2) is 9.37 Å². The lowest BCUT2D eigenvalue weighted by molar-refractivity contribution is -0.127. The van der Waals surface area contributed by atoms with Gasteiger partial charge >= 0.3 is 0 Å². The van der Waals surface area contributed by atoms with Crippen molar-refractivity contribution < 1.29 is 13.9 Å². The third-order valence-corrected chi connectivity index (χ3v) is 10.1. The number of rotatable bonds is 7. The molecule has 5 heterocycles. The summed E-state index contributed by atoms with van der Waals surface area (Å²) < 4.78 is 24.1. The van der Waals surface area contributed by atoms with Crippen molar-refractivity contribution in [2.24, 2.45) is 0 Å². The van der Waals surface area contributed by atoms with Crippen LogP contribution in [0.2, 0.25) is 10.0 Å². The highest BCUT2D eigenvalue weighted by molar-refractivity contribution is 6.36. The quantitative estimate of drug-likeness (QED) is 0.213. The molecule has 0 aliphatic carbocycles. The van der Waals surface area contributed by atoms with Crippen molar-refractivity contribution in [3.05, 3.63) is 58.1 Å². The molecule has 7 rings (SSSR count). The van der Waals surface area contributed by atoms with Gasteiger partial charge in [0, 0.05) is 72.3 Å². The van der Waals surface area contributed by atoms with E-state index >= 15 is 4.39 Å². The van der Waals surface area contributed by atoms with Gasteiger partial charge in [0.2, 0.25) is 5.91 Å². The van der Waals surface area contributed by atoms with Crippen molar-refractivity contribution in [2.45, 2.75) is 31.8 Å². The van der Waals surface area contributed by atoms with E-state index in [1.165, 1.54) is 0 Å². The van der Waals surface area contributed by atoms with E-state index < -0.39 is 5.82 Å². The van der Waals surface area contributed by atoms with Crippen LogP contribution >= 0.6 is 23.2 Å². The van der Waals surface area contributed by atoms with Gasteiger partial charge in [-0.3, -0.25) is 14.6 Å². The smallest absolute Gasteiger partial charge is 0.246 e. The molecule has 46 heavy (non-hydrogen) atoms. The van der Waals surface area contributed by atoms with E-state index in [1.54, 1.807) is 37.6 Å². The summed E-state index contributed by atoms with van der Waals surface area (Å²) in [6.07, 6.45) is 8.20. The zero-order chi connectivity index (χ0) is 32.3. The summed E-state index contributed by atoms with van der Waals surface area (Å²) in [7, 11) is 5.72. The summed E-state index contributed by atoms with van der Waals surface area (Å²) >= 11 is 13.6. The van der Waals surface area contributed by atoms with Crippen LogP contribution in [0, 0.1) is 12.7 Å². The normalized spacial score (nSPS) is 16.6. The highest BCUT2D eigenvalue weighted by Gasteiger charge is 2.34. The van der Waals surface area contributed by atoms with Gasteiger partial charge in [0.05, 0.1) is 46.5 Å². The monoisotopic (exact) mass is 664 g/mol. The van der Waals surface area contributed by atoms with E-state index in [-0.39, 0.29) is 28.1 Å². The number of nitrogens with zero attached hydrogens (tertiary/aromatic N) is 7. The largest absolute Gasteiger partial charge is 0.381 e. The number of aromatic nitrogens is 5. The van der Waals surface area contributed by atoms with E-state index in [9.17, 15) is 4.79 Å². The number of halogens is 3. The average molecular weight is 666 g/mol. The van der Waals surface area contributed by atoms with Gasteiger partial charge in [-0.05, 0) is 51.6 Å². The molecular weight excluding hydrogens is 630 g/mol. The number of pyridine rings is 1. The van der Waals surface area contributed by atoms with Crippen LogP contribution in [-0.2, 0) is 9.53 Å². The first-order chi connectivity index (χ1) is 22.2. The number of hydrogen-bond donors (Lipinski definition) is 1. The molecule has 2 fully saturated rings. The molecule has 2 aliphatic rings. The number of aromatic amines is 1. The van der Waals surface area contributed by atoms with E-state index in [4.69, 9.17) is 38.0 Å². The van der Waals surface area contributed by atoms with E-state index in [1.807, 2.05) is 22.7 Å². The Bertz CT molecular complexity index is 2010. The number of anilines is 1. The maximum absolute atomic E-state index is 17.1. The number of hydrogen-bond acceptors (Lipinski definition) is 7. The second-order valence-electron chi connectivity index (χ2n) is 12.4. The zero-order valence-electron chi connectivity index (χ0n) is 26.1. The van der Waals surface area contributed by atoms with Crippen molar-refractivity contribution in [3.63, 3.8) is 0 Å². The Labute approximate surface area is 275 Å². The summed E-state index contributed by atoms with van der Waals surface area (Å²) in [6, 6.07) is 3.97. The molecular formula is C33H35Cl2FN8O2. The Morgan fingerprint density at radius 1 is 1.11 bits per heavy atom. The summed E-state index contributed by atoms with van der Waals surface area (Å²) in [5.41, 5.74) is 3.25. The number of fused-ring (bicyclic) bond motifs is 4. The second kappa shape index (κ2) is 12.1. The molecule has 0 spiro atoms. The van der Waals surface area contributed by atoms with Crippen molar-refractivity contribution in [2.75, 3.05) is 58.9 Å². The van der Waals surface area contributed by atoms with Crippen LogP contribution in [0.3, 0.4) is 0 Å². The van der Waals surface area contributed by atoms with Gasteiger partial charge in [0.15, 0.2) is 5.82 Å². The second-order valence-corrected chi connectivity index (χ2v) is 13.2. The van der Waals surface area contributed by atoms with Crippen LogP contribution in [-0.4, -0.2) is 101 Å². The molecule has 2 saturated heterocycles. The van der Waals surface area contributed by atoms with Gasteiger partial charge in [0.25, 0.3) is 0 Å². The predicted octanol–water partition coefficient (Wildman–Crippen LogP) is 6.00. The number of likely N-dealkylation sites (tertiary alicyclic amines) is 1. The molecule has 1 amide bonds. The molecule has 0 unspecified atom stereocenters. The first-order valence-corrected chi connectivity index (χ1v) is 16.1. The van der Waals surface area contributed by atoms with Crippen molar-refractivity contribution >= 4 is 67.6 Å². The van der Waals surface area contributed by atoms with Crippen molar-refractivity contribution in [3.8, 4) is 11.1 Å². The van der Waals surface area contributed by atoms with E-state index in [0.29, 0.717) is 71.5 Å². The van der Waals surface area contributed by atoms with Crippen LogP contribution in [0.15, 0.2) is 36.7 Å². The molecule has 0 atom stereocenters. The number of benzene rings is 2. The van der Waals surface area contributed by atoms with Gasteiger partial charge in [0.1, 0.15) is 11.3 Å². The van der Waals surface area contributed by atoms with Crippen molar-refractivity contribution in [1.82, 2.24) is 34.8 Å². The minimum atomic E-state index is -0.515. The van der Waals surface area contributed by atoms with Crippen LogP contribution < -0.4 is 4.90 Å². The number of H-pyrrole nitrogens is 1. The number of amides is 1. The lowest BCUT2D eigenvalue weighted by Crippen LogP contribution is -2.57. The molecule has 3 aromatic heterocycles. The maximum atomic E-state index is 17.1. The molecule has 240 valence electrons. The first-order valence-electron chi connectivity index (χ1n) is 15.3. The Morgan fingerprint density at radius 3 is 2.59 bits per heavy atom. The number of likely N-dealkylation sites (N-methyl/N-ethyl adjacent to an activating group) is 1. The number of ether oxygens (including phenoxy) is 1. The Hall–Kier alpha value is -3.77. The molecule has 10 nitrogen and oxygen atoms in total. The topological polar surface area (TPSA) is 95.4 Å². The van der Waals surface area contributed by atoms with Crippen molar-refractivity contribution in [1.29, 1.82) is 0 Å². The Kier molecular flexibility index (Phi) is 8.12. The molecule has 1 N–H and O–H groups in total. The van der Waals surface area contributed by atoms with Gasteiger partial charge in [-0.15, -0.1) is 0 Å². The van der Waals surface area contributed by atoms with Crippen LogP contribution in [0.25, 0.3) is 43.8 Å². The summed E-state index contributed by atoms with van der Waals surface area (Å²) in [5, 5.41) is 14.9. The fraction of sp³-hybridized carbons (Fsp3) is 0.394. The number of methoxy groups -OCH3 is 1. The number of carbonyl (C=O) groups is 1. The number of piperidine rings is 1. The fourth-order valence-corrected chi connectivity index (χ4v) is 7.22. The van der Waals surface area contributed by atoms with Gasteiger partial charge in [-0.1, -0.05) is 29.3 Å². The number of carbonyl (C=O) groups excluding carboxylic acids is 1. The summed E-state index contributed by atoms with van der Waals surface area (Å²) in [4.78, 5) is 23.9. The molecule has 0 bridgehead atoms. The van der Waals surface area contributed by atoms with Crippen LogP contribution in [0.4, 0.5) is 10.2 Å². The number of nitrogens with one attached hydrogen (secondary N) is 1. The minimum Gasteiger partial charge on any atom is -0.381 e. The third kappa shape index (κ3) is 5.10. The fourth-order valence-electron chi connectivity index (χ4n) is 6.73. The lowest BCUT2D eigenvalue weighted by Gasteiger charge is -2.43. The predicted molar refractivity (Wildman–Crippen MR) is 180 cm³/mol. The third-order valence-electron chi connectivity index (χ3n) is 9.43. The molecule has 2 aromatic carbocycles. The molecule has 0 radical (unpaired) electrons. The standard InChI is InChI=1S/C33H35Cl2FN8O2/c1-18-24(34)13-26-22(14-37-40-26)28(18)29-25(35)12-21-31(30(29)36)39-33(43-16-20(17-43)41(2)3)23-15-38-44(32(21)23)19-7-9-42(10-8-19)27(45)6-5-11-46-4/h5-6,12-15,19-20H,7-11,16-17H2,1-4H3,(H,37,40)/b6-5+. The van der Waals surface area contributed by atoms with E-state index in [0.717, 1.165) is 29.4 Å². The van der Waals surface area contributed by atoms with E-state index in [2.05, 4.69) is 34.1 Å². The first kappa shape index (κ1) is 30.9. The minimum absolute atomic E-state index is 0.0103. The average Bonchev–Trinajstić information content (AvgIpc) is 3.66. The van der Waals surface area contributed by atoms with Crippen LogP contribution in [0.1, 0.15) is 24.4 Å². The molecule has 0 saturated carbocycles. The molecule has 2 aliphatic heterocycles. The molecule has 5 aromatic rings. The summed E-state index contributed by atoms with van der Waals surface area (Å²) in [6.45, 7) is 4.96. The zero-order valence-corrected chi connectivity index (χ0v) is 27.7. The van der Waals surface area contributed by atoms with Gasteiger partial charge < -0.3 is 19.4 Å². The Morgan fingerprint density at radius 2 is 1.87 bits per heavy atom. The highest BCUT2D eigenvalue weighted by Crippen LogP contribution is 2.45.